The van der Waals surface area contributed by atoms with E-state index in [0.717, 1.165) is 19.4 Å². The smallest absolute Gasteiger partial charge is 0.257 e. The second-order valence-electron chi connectivity index (χ2n) is 6.32. The molecule has 1 aliphatic carbocycles. The largest absolute Gasteiger partial charge is 0.472 e. The summed E-state index contributed by atoms with van der Waals surface area (Å²) in [7, 11) is 0. The molecule has 2 heterocycles. The third-order valence-corrected chi connectivity index (χ3v) is 4.86. The lowest BCUT2D eigenvalue weighted by Gasteiger charge is -2.33. The Morgan fingerprint density at radius 1 is 1.09 bits per heavy atom. The van der Waals surface area contributed by atoms with Crippen molar-refractivity contribution in [3.63, 3.8) is 0 Å². The van der Waals surface area contributed by atoms with Gasteiger partial charge in [-0.25, -0.2) is 0 Å². The topological polar surface area (TPSA) is 62.6 Å². The minimum atomic E-state index is -0.0705. The van der Waals surface area contributed by atoms with Crippen molar-refractivity contribution in [2.24, 2.45) is 5.92 Å². The number of likely N-dealkylation sites (tertiary alicyclic amines) is 1. The maximum Gasteiger partial charge on any atom is 0.257 e. The van der Waals surface area contributed by atoms with E-state index in [9.17, 15) is 9.59 Å². The van der Waals surface area contributed by atoms with Crippen LogP contribution in [0.25, 0.3) is 0 Å². The average molecular weight is 310 g/mol. The minimum absolute atomic E-state index is 0.00934. The van der Waals surface area contributed by atoms with E-state index in [1.54, 1.807) is 18.2 Å². The van der Waals surface area contributed by atoms with E-state index in [2.05, 4.69) is 5.32 Å². The lowest BCUT2D eigenvalue weighted by atomic mass is 10.0. The molecule has 1 aliphatic heterocycles. The molecular weight excluding hydrogens is 292 g/mol. The SMILES string of the molecule is O=C(NC1CC2CC1N(C(=O)c1ccoc1)C2)c1ccccc1. The van der Waals surface area contributed by atoms with Gasteiger partial charge in [-0.2, -0.15) is 0 Å². The monoisotopic (exact) mass is 310 g/mol. The molecule has 1 saturated carbocycles. The van der Waals surface area contributed by atoms with Gasteiger partial charge in [0.15, 0.2) is 0 Å². The predicted octanol–water partition coefficient (Wildman–Crippen LogP) is 2.31. The molecule has 3 unspecified atom stereocenters. The summed E-state index contributed by atoms with van der Waals surface area (Å²) in [4.78, 5) is 26.8. The van der Waals surface area contributed by atoms with Crippen LogP contribution in [0.3, 0.4) is 0 Å². The fraction of sp³-hybridized carbons (Fsp3) is 0.333. The number of nitrogens with one attached hydrogen (secondary N) is 1. The molecule has 2 bridgehead atoms. The molecule has 5 nitrogen and oxygen atoms in total. The molecule has 1 saturated heterocycles. The second-order valence-corrected chi connectivity index (χ2v) is 6.32. The maximum atomic E-state index is 12.6. The fourth-order valence-electron chi connectivity index (χ4n) is 3.81. The van der Waals surface area contributed by atoms with Crippen molar-refractivity contribution in [1.29, 1.82) is 0 Å². The molecule has 2 aliphatic rings. The maximum absolute atomic E-state index is 12.6. The van der Waals surface area contributed by atoms with Crippen LogP contribution in [0, 0.1) is 5.92 Å². The standard InChI is InChI=1S/C18H18N2O3/c21-17(13-4-2-1-3-5-13)19-15-8-12-9-16(15)20(10-12)18(22)14-6-7-23-11-14/h1-7,11-12,15-16H,8-10H2,(H,19,21). The van der Waals surface area contributed by atoms with E-state index in [4.69, 9.17) is 4.42 Å². The van der Waals surface area contributed by atoms with Crippen molar-refractivity contribution >= 4 is 11.8 Å². The van der Waals surface area contributed by atoms with Crippen LogP contribution in [0.1, 0.15) is 33.6 Å². The normalized spacial score (nSPS) is 25.6. The Kier molecular flexibility index (Phi) is 3.41. The van der Waals surface area contributed by atoms with Crippen molar-refractivity contribution in [1.82, 2.24) is 10.2 Å². The molecule has 2 amide bonds. The summed E-state index contributed by atoms with van der Waals surface area (Å²) in [6.45, 7) is 0.770. The molecule has 4 rings (SSSR count). The van der Waals surface area contributed by atoms with Gasteiger partial charge in [0.05, 0.1) is 17.9 Å². The van der Waals surface area contributed by atoms with E-state index >= 15 is 0 Å². The van der Waals surface area contributed by atoms with Crippen LogP contribution >= 0.6 is 0 Å². The highest BCUT2D eigenvalue weighted by Gasteiger charge is 2.47. The van der Waals surface area contributed by atoms with Crippen molar-refractivity contribution in [3.8, 4) is 0 Å². The Bertz CT molecular complexity index is 711. The fourth-order valence-corrected chi connectivity index (χ4v) is 3.81. The van der Waals surface area contributed by atoms with Gasteiger partial charge in [0, 0.05) is 18.2 Å². The third-order valence-electron chi connectivity index (χ3n) is 4.86. The predicted molar refractivity (Wildman–Crippen MR) is 84.0 cm³/mol. The number of carbonyl (C=O) groups is 2. The summed E-state index contributed by atoms with van der Waals surface area (Å²) in [5.41, 5.74) is 1.23. The summed E-state index contributed by atoms with van der Waals surface area (Å²) in [5.74, 6) is 0.390. The van der Waals surface area contributed by atoms with Crippen LogP contribution < -0.4 is 5.32 Å². The van der Waals surface area contributed by atoms with Crippen LogP contribution in [0.15, 0.2) is 53.3 Å². The van der Waals surface area contributed by atoms with Crippen LogP contribution in [-0.2, 0) is 0 Å². The Hall–Kier alpha value is -2.56. The van der Waals surface area contributed by atoms with Gasteiger partial charge in [0.25, 0.3) is 11.8 Å². The highest BCUT2D eigenvalue weighted by molar-refractivity contribution is 5.95. The van der Waals surface area contributed by atoms with Gasteiger partial charge in [0.2, 0.25) is 0 Å². The number of benzene rings is 1. The van der Waals surface area contributed by atoms with Crippen LogP contribution in [0.2, 0.25) is 0 Å². The zero-order valence-corrected chi connectivity index (χ0v) is 12.6. The molecule has 0 spiro atoms. The number of piperidine rings is 1. The number of fused-ring (bicyclic) bond motifs is 2. The minimum Gasteiger partial charge on any atom is -0.472 e. The molecule has 0 radical (unpaired) electrons. The second kappa shape index (κ2) is 5.57. The van der Waals surface area contributed by atoms with E-state index in [-0.39, 0.29) is 23.9 Å². The summed E-state index contributed by atoms with van der Waals surface area (Å²) >= 11 is 0. The van der Waals surface area contributed by atoms with E-state index in [1.165, 1.54) is 12.5 Å². The molecule has 1 aromatic carbocycles. The van der Waals surface area contributed by atoms with Crippen LogP contribution in [-0.4, -0.2) is 35.3 Å². The number of furan rings is 1. The number of amides is 2. The summed E-state index contributed by atoms with van der Waals surface area (Å²) < 4.78 is 5.01. The third kappa shape index (κ3) is 2.52. The van der Waals surface area contributed by atoms with Gasteiger partial charge in [-0.3, -0.25) is 9.59 Å². The first kappa shape index (κ1) is 14.1. The van der Waals surface area contributed by atoms with Crippen molar-refractivity contribution in [2.75, 3.05) is 6.54 Å². The highest BCUT2D eigenvalue weighted by Crippen LogP contribution is 2.38. The summed E-state index contributed by atoms with van der Waals surface area (Å²) in [5, 5.41) is 3.10. The van der Waals surface area contributed by atoms with Gasteiger partial charge in [0.1, 0.15) is 6.26 Å². The molecule has 2 aromatic rings. The van der Waals surface area contributed by atoms with E-state index in [1.807, 2.05) is 23.1 Å². The first-order valence-corrected chi connectivity index (χ1v) is 7.91. The zero-order chi connectivity index (χ0) is 15.8. The first-order chi connectivity index (χ1) is 11.2. The van der Waals surface area contributed by atoms with Gasteiger partial charge < -0.3 is 14.6 Å². The summed E-state index contributed by atoms with van der Waals surface area (Å²) in [6.07, 6.45) is 4.89. The number of carbonyl (C=O) groups excluding carboxylic acids is 2. The highest BCUT2D eigenvalue weighted by atomic mass is 16.3. The van der Waals surface area contributed by atoms with Gasteiger partial charge >= 0.3 is 0 Å². The van der Waals surface area contributed by atoms with E-state index in [0.29, 0.717) is 17.0 Å². The first-order valence-electron chi connectivity index (χ1n) is 7.91. The van der Waals surface area contributed by atoms with Crippen molar-refractivity contribution in [3.05, 3.63) is 60.1 Å². The molecule has 3 atom stereocenters. The molecule has 1 N–H and O–H groups in total. The Labute approximate surface area is 134 Å². The number of rotatable bonds is 3. The molecule has 118 valence electrons. The van der Waals surface area contributed by atoms with Gasteiger partial charge in [-0.15, -0.1) is 0 Å². The zero-order valence-electron chi connectivity index (χ0n) is 12.6. The molecule has 1 aromatic heterocycles. The Morgan fingerprint density at radius 2 is 1.91 bits per heavy atom. The molecular formula is C18H18N2O3. The van der Waals surface area contributed by atoms with Crippen molar-refractivity contribution < 1.29 is 14.0 Å². The van der Waals surface area contributed by atoms with Crippen LogP contribution in [0.5, 0.6) is 0 Å². The summed E-state index contributed by atoms with van der Waals surface area (Å²) in [6, 6.07) is 11.0. The van der Waals surface area contributed by atoms with Crippen molar-refractivity contribution in [2.45, 2.75) is 24.9 Å². The molecule has 5 heteroatoms. The molecule has 23 heavy (non-hydrogen) atoms. The molecule has 2 fully saturated rings. The lowest BCUT2D eigenvalue weighted by molar-refractivity contribution is 0.0648. The number of hydrogen-bond acceptors (Lipinski definition) is 3. The quantitative estimate of drug-likeness (QED) is 0.946. The Morgan fingerprint density at radius 3 is 2.61 bits per heavy atom. The average Bonchev–Trinajstić information content (AvgIpc) is 3.31. The number of hydrogen-bond donors (Lipinski definition) is 1. The van der Waals surface area contributed by atoms with Gasteiger partial charge in [-0.05, 0) is 37.0 Å². The van der Waals surface area contributed by atoms with Crippen LogP contribution in [0.4, 0.5) is 0 Å². The van der Waals surface area contributed by atoms with E-state index < -0.39 is 0 Å². The van der Waals surface area contributed by atoms with Gasteiger partial charge in [-0.1, -0.05) is 18.2 Å². The number of nitrogens with zero attached hydrogens (tertiary/aromatic N) is 1. The lowest BCUT2D eigenvalue weighted by Crippen LogP contribution is -2.51. The Balaban J connectivity index is 1.47.